The monoisotopic (exact) mass is 573 g/mol. The van der Waals surface area contributed by atoms with Crippen LogP contribution in [0.5, 0.6) is 0 Å². The van der Waals surface area contributed by atoms with Crippen molar-refractivity contribution in [2.45, 2.75) is 208 Å². The third-order valence-electron chi connectivity index (χ3n) is 9.33. The average Bonchev–Trinajstić information content (AvgIpc) is 2.96. The highest BCUT2D eigenvalue weighted by Gasteiger charge is 2.30. The molecule has 1 heterocycles. The summed E-state index contributed by atoms with van der Waals surface area (Å²) in [6.45, 7) is 11.1. The fourth-order valence-electron chi connectivity index (χ4n) is 6.58. The minimum atomic E-state index is -0.795. The second kappa shape index (κ2) is 25.1. The van der Waals surface area contributed by atoms with Gasteiger partial charge in [-0.05, 0) is 44.6 Å². The Morgan fingerprint density at radius 3 is 1.17 bits per heavy atom. The van der Waals surface area contributed by atoms with Crippen LogP contribution in [-0.2, 0) is 19.3 Å². The van der Waals surface area contributed by atoms with Gasteiger partial charge in [0.15, 0.2) is 11.4 Å². The van der Waals surface area contributed by atoms with Crippen LogP contribution in [0, 0.1) is 13.8 Å². The highest BCUT2D eigenvalue weighted by Crippen LogP contribution is 2.26. The Bertz CT molecular complexity index is 800. The molecule has 0 aliphatic carbocycles. The summed E-state index contributed by atoms with van der Waals surface area (Å²) in [5, 5.41) is 10.3. The van der Waals surface area contributed by atoms with Crippen LogP contribution >= 0.6 is 0 Å². The molecule has 0 atom stereocenters. The van der Waals surface area contributed by atoms with Gasteiger partial charge in [-0.15, -0.1) is 0 Å². The van der Waals surface area contributed by atoms with Crippen LogP contribution in [0.2, 0.25) is 0 Å². The summed E-state index contributed by atoms with van der Waals surface area (Å²) in [5.74, 6) is 0. The number of unbranched alkanes of at least 4 members (excludes halogenated alkanes) is 21. The lowest BCUT2D eigenvalue weighted by Gasteiger charge is -2.18. The Kier molecular flexibility index (Phi) is 23.1. The molecule has 0 saturated carbocycles. The maximum Gasteiger partial charge on any atom is 0.599 e. The Labute approximate surface area is 256 Å². The maximum atomic E-state index is 12.6. The lowest BCUT2D eigenvalue weighted by Crippen LogP contribution is -2.50. The SMILES string of the molecule is CCCCCCCCCCc1c(C)c(C)[n+](C(=O)O)c(CCCCCCCCCC)c1CCCCCCCCCC. The molecule has 1 N–H and O–H groups in total. The number of hydrogen-bond acceptors (Lipinski definition) is 1. The molecule has 0 unspecified atom stereocenters. The number of carbonyl (C=O) groups is 1. The van der Waals surface area contributed by atoms with Crippen LogP contribution in [0.1, 0.15) is 203 Å². The number of pyridine rings is 1. The van der Waals surface area contributed by atoms with Gasteiger partial charge in [-0.3, -0.25) is 0 Å². The molecule has 41 heavy (non-hydrogen) atoms. The van der Waals surface area contributed by atoms with Crippen molar-refractivity contribution in [3.8, 4) is 0 Å². The number of aromatic nitrogens is 1. The summed E-state index contributed by atoms with van der Waals surface area (Å²) >= 11 is 0. The fourth-order valence-corrected chi connectivity index (χ4v) is 6.58. The normalized spacial score (nSPS) is 11.4. The van der Waals surface area contributed by atoms with Gasteiger partial charge in [-0.2, -0.15) is 4.79 Å². The second-order valence-corrected chi connectivity index (χ2v) is 12.9. The Morgan fingerprint density at radius 1 is 0.488 bits per heavy atom. The standard InChI is InChI=1S/C38H69NO2/c1-6-9-12-15-18-21-24-27-30-35-33(4)34(5)39(38(40)41)37(32-29-26-23-20-17-14-11-8-3)36(35)31-28-25-22-19-16-13-10-7-2/h6-32H2,1-5H3/p+1. The zero-order valence-electron chi connectivity index (χ0n) is 28.4. The van der Waals surface area contributed by atoms with E-state index in [9.17, 15) is 9.90 Å². The van der Waals surface area contributed by atoms with E-state index in [0.29, 0.717) is 0 Å². The van der Waals surface area contributed by atoms with Gasteiger partial charge >= 0.3 is 6.09 Å². The van der Waals surface area contributed by atoms with Crippen molar-refractivity contribution < 1.29 is 14.5 Å². The van der Waals surface area contributed by atoms with Crippen LogP contribution in [-0.4, -0.2) is 11.2 Å². The van der Waals surface area contributed by atoms with Crippen molar-refractivity contribution in [2.24, 2.45) is 0 Å². The topological polar surface area (TPSA) is 41.2 Å². The molecular weight excluding hydrogens is 502 g/mol. The van der Waals surface area contributed by atoms with Crippen LogP contribution in [0.3, 0.4) is 0 Å². The Morgan fingerprint density at radius 2 is 0.805 bits per heavy atom. The van der Waals surface area contributed by atoms with E-state index in [-0.39, 0.29) is 0 Å². The van der Waals surface area contributed by atoms with E-state index in [1.54, 1.807) is 4.57 Å². The molecule has 0 radical (unpaired) electrons. The molecule has 3 heteroatoms. The van der Waals surface area contributed by atoms with Gasteiger partial charge in [0.1, 0.15) is 0 Å². The van der Waals surface area contributed by atoms with Gasteiger partial charge in [0, 0.05) is 24.5 Å². The molecule has 0 amide bonds. The van der Waals surface area contributed by atoms with Gasteiger partial charge in [-0.25, -0.2) is 0 Å². The van der Waals surface area contributed by atoms with Crippen LogP contribution in [0.25, 0.3) is 0 Å². The molecular formula is C38H70NO2+. The first-order valence-corrected chi connectivity index (χ1v) is 18.3. The minimum Gasteiger partial charge on any atom is -0.427 e. The van der Waals surface area contributed by atoms with E-state index < -0.39 is 6.09 Å². The summed E-state index contributed by atoms with van der Waals surface area (Å²) < 4.78 is 1.67. The third kappa shape index (κ3) is 16.2. The molecule has 0 fully saturated rings. The molecule has 1 rings (SSSR count). The molecule has 3 nitrogen and oxygen atoms in total. The summed E-state index contributed by atoms with van der Waals surface area (Å²) in [6, 6.07) is 0. The third-order valence-corrected chi connectivity index (χ3v) is 9.33. The van der Waals surface area contributed by atoms with Crippen molar-refractivity contribution in [1.29, 1.82) is 0 Å². The molecule has 238 valence electrons. The van der Waals surface area contributed by atoms with Crippen LogP contribution in [0.15, 0.2) is 0 Å². The number of nitrogens with zero attached hydrogens (tertiary/aromatic N) is 1. The predicted molar refractivity (Wildman–Crippen MR) is 178 cm³/mol. The molecule has 0 aliphatic rings. The quantitative estimate of drug-likeness (QED) is 0.0841. The zero-order valence-corrected chi connectivity index (χ0v) is 28.4. The summed E-state index contributed by atoms with van der Waals surface area (Å²) in [7, 11) is 0. The average molecular weight is 573 g/mol. The molecule has 0 spiro atoms. The summed E-state index contributed by atoms with van der Waals surface area (Å²) in [6.07, 6.45) is 33.7. The van der Waals surface area contributed by atoms with E-state index in [0.717, 1.165) is 37.1 Å². The largest absolute Gasteiger partial charge is 0.599 e. The second-order valence-electron chi connectivity index (χ2n) is 12.9. The minimum absolute atomic E-state index is 0.795. The highest BCUT2D eigenvalue weighted by molar-refractivity contribution is 5.56. The van der Waals surface area contributed by atoms with E-state index in [2.05, 4.69) is 27.7 Å². The molecule has 0 aromatic carbocycles. The lowest BCUT2D eigenvalue weighted by atomic mass is 9.89. The molecule has 0 bridgehead atoms. The first kappa shape index (κ1) is 37.6. The van der Waals surface area contributed by atoms with Crippen LogP contribution < -0.4 is 4.57 Å². The van der Waals surface area contributed by atoms with Crippen molar-refractivity contribution in [3.63, 3.8) is 0 Å². The first-order valence-electron chi connectivity index (χ1n) is 18.3. The molecule has 1 aromatic rings. The lowest BCUT2D eigenvalue weighted by molar-refractivity contribution is -0.600. The number of hydrogen-bond donors (Lipinski definition) is 1. The van der Waals surface area contributed by atoms with Gasteiger partial charge in [0.25, 0.3) is 0 Å². The van der Waals surface area contributed by atoms with Crippen LogP contribution in [0.4, 0.5) is 4.79 Å². The zero-order chi connectivity index (χ0) is 30.1. The summed E-state index contributed by atoms with van der Waals surface area (Å²) in [4.78, 5) is 12.6. The molecule has 0 saturated heterocycles. The smallest absolute Gasteiger partial charge is 0.427 e. The van der Waals surface area contributed by atoms with Gasteiger partial charge in [-0.1, -0.05) is 160 Å². The molecule has 1 aromatic heterocycles. The van der Waals surface area contributed by atoms with Crippen molar-refractivity contribution in [1.82, 2.24) is 0 Å². The number of carboxylic acid groups (broad SMARTS) is 1. The van der Waals surface area contributed by atoms with E-state index in [4.69, 9.17) is 0 Å². The summed E-state index contributed by atoms with van der Waals surface area (Å²) in [5.41, 5.74) is 6.17. The van der Waals surface area contributed by atoms with Crippen molar-refractivity contribution in [2.75, 3.05) is 0 Å². The van der Waals surface area contributed by atoms with Crippen molar-refractivity contribution >= 4 is 6.09 Å². The first-order chi connectivity index (χ1) is 20.0. The van der Waals surface area contributed by atoms with Gasteiger partial charge in [0.05, 0.1) is 0 Å². The Hall–Kier alpha value is -1.38. The van der Waals surface area contributed by atoms with Gasteiger partial charge < -0.3 is 5.11 Å². The van der Waals surface area contributed by atoms with E-state index >= 15 is 0 Å². The molecule has 0 aliphatic heterocycles. The number of rotatable bonds is 27. The highest BCUT2D eigenvalue weighted by atomic mass is 16.4. The predicted octanol–water partition coefficient (Wildman–Crippen LogP) is 12.2. The van der Waals surface area contributed by atoms with E-state index in [1.807, 2.05) is 6.92 Å². The van der Waals surface area contributed by atoms with Gasteiger partial charge in [0.2, 0.25) is 0 Å². The Balaban J connectivity index is 2.95. The fraction of sp³-hybridized carbons (Fsp3) is 0.842. The van der Waals surface area contributed by atoms with Crippen molar-refractivity contribution in [3.05, 3.63) is 28.1 Å². The van der Waals surface area contributed by atoms with E-state index in [1.165, 1.54) is 164 Å². The maximum absolute atomic E-state index is 12.6.